The van der Waals surface area contributed by atoms with E-state index in [9.17, 15) is 19.8 Å². The summed E-state index contributed by atoms with van der Waals surface area (Å²) < 4.78 is 10.4. The quantitative estimate of drug-likeness (QED) is 0.467. The Balaban J connectivity index is 1.96. The fraction of sp³-hybridized carbons (Fsp3) is 0.190. The highest BCUT2D eigenvalue weighted by atomic mass is 16.5. The van der Waals surface area contributed by atoms with Crippen molar-refractivity contribution in [3.8, 4) is 11.5 Å². The van der Waals surface area contributed by atoms with Crippen molar-refractivity contribution in [1.82, 2.24) is 0 Å². The van der Waals surface area contributed by atoms with Gasteiger partial charge in [-0.3, -0.25) is 10.4 Å². The van der Waals surface area contributed by atoms with Gasteiger partial charge in [0.2, 0.25) is 0 Å². The molecule has 1 radical (unpaired) electrons. The Hall–Kier alpha value is -3.88. The summed E-state index contributed by atoms with van der Waals surface area (Å²) in [6.45, 7) is 9.08. The van der Waals surface area contributed by atoms with Crippen molar-refractivity contribution in [1.29, 1.82) is 0 Å². The van der Waals surface area contributed by atoms with Crippen LogP contribution >= 0.6 is 0 Å². The second-order valence-corrected chi connectivity index (χ2v) is 6.71. The van der Waals surface area contributed by atoms with Crippen molar-refractivity contribution in [2.45, 2.75) is 13.0 Å². The van der Waals surface area contributed by atoms with Gasteiger partial charge in [-0.1, -0.05) is 6.58 Å². The predicted octanol–water partition coefficient (Wildman–Crippen LogP) is 2.99. The molecular formula is C21H22N3O6. The first-order valence-electron chi connectivity index (χ1n) is 8.99. The van der Waals surface area contributed by atoms with Gasteiger partial charge in [0.25, 0.3) is 0 Å². The minimum Gasteiger partial charge on any atom is -0.505 e. The molecule has 1 aliphatic rings. The number of phenols is 1. The van der Waals surface area contributed by atoms with Gasteiger partial charge >= 0.3 is 11.9 Å². The van der Waals surface area contributed by atoms with Crippen molar-refractivity contribution >= 4 is 29.0 Å². The van der Waals surface area contributed by atoms with Gasteiger partial charge in [-0.25, -0.2) is 9.59 Å². The van der Waals surface area contributed by atoms with Crippen LogP contribution < -0.4 is 20.3 Å². The Kier molecular flexibility index (Phi) is 5.72. The van der Waals surface area contributed by atoms with Gasteiger partial charge in [0.15, 0.2) is 0 Å². The molecule has 2 aromatic carbocycles. The highest BCUT2D eigenvalue weighted by Crippen LogP contribution is 2.41. The van der Waals surface area contributed by atoms with Gasteiger partial charge in [0.1, 0.15) is 23.3 Å². The van der Waals surface area contributed by atoms with Gasteiger partial charge in [-0.15, -0.1) is 0 Å². The number of phenolic OH excluding ortho intramolecular Hbond substituents is 1. The second-order valence-electron chi connectivity index (χ2n) is 6.71. The lowest BCUT2D eigenvalue weighted by atomic mass is 10.1. The van der Waals surface area contributed by atoms with Crippen LogP contribution in [-0.2, 0) is 9.53 Å². The fourth-order valence-corrected chi connectivity index (χ4v) is 2.93. The van der Waals surface area contributed by atoms with E-state index in [0.717, 1.165) is 0 Å². The van der Waals surface area contributed by atoms with E-state index in [1.54, 1.807) is 23.2 Å². The number of hydrogen-bond donors (Lipinski definition) is 3. The van der Waals surface area contributed by atoms with Gasteiger partial charge in [0, 0.05) is 11.6 Å². The predicted molar refractivity (Wildman–Crippen MR) is 112 cm³/mol. The SMILES string of the molecule is [CH2]C(CN1c2ccc(C(=O)O)cc2NN1c1ccc(OC)cc1O)OC(=O)C(=C)C. The Morgan fingerprint density at radius 3 is 2.50 bits per heavy atom. The van der Waals surface area contributed by atoms with Gasteiger partial charge < -0.3 is 19.7 Å². The molecule has 0 amide bonds. The highest BCUT2D eigenvalue weighted by Gasteiger charge is 2.32. The van der Waals surface area contributed by atoms with Crippen molar-refractivity contribution in [2.24, 2.45) is 0 Å². The molecule has 2 aromatic rings. The number of nitrogens with zero attached hydrogens (tertiary/aromatic N) is 2. The topological polar surface area (TPSA) is 112 Å². The first-order chi connectivity index (χ1) is 14.2. The third-order valence-corrected chi connectivity index (χ3v) is 4.40. The van der Waals surface area contributed by atoms with Crippen LogP contribution in [0.3, 0.4) is 0 Å². The lowest BCUT2D eigenvalue weighted by Gasteiger charge is -2.33. The number of carboxylic acids is 1. The number of hydrogen-bond acceptors (Lipinski definition) is 8. The van der Waals surface area contributed by atoms with E-state index in [4.69, 9.17) is 9.47 Å². The molecule has 1 aliphatic heterocycles. The minimum atomic E-state index is -1.07. The van der Waals surface area contributed by atoms with Crippen LogP contribution in [0.1, 0.15) is 17.3 Å². The number of aromatic carboxylic acids is 1. The van der Waals surface area contributed by atoms with Crippen LogP contribution in [-0.4, -0.2) is 41.9 Å². The Morgan fingerprint density at radius 1 is 1.20 bits per heavy atom. The smallest absolute Gasteiger partial charge is 0.335 e. The fourth-order valence-electron chi connectivity index (χ4n) is 2.93. The lowest BCUT2D eigenvalue weighted by Crippen LogP contribution is -2.46. The van der Waals surface area contributed by atoms with Crippen LogP contribution in [0, 0.1) is 6.92 Å². The molecule has 9 nitrogen and oxygen atoms in total. The van der Waals surface area contributed by atoms with Crippen LogP contribution in [0.4, 0.5) is 17.1 Å². The normalized spacial score (nSPS) is 13.3. The minimum absolute atomic E-state index is 0.0716. The van der Waals surface area contributed by atoms with Crippen LogP contribution in [0.2, 0.25) is 0 Å². The molecule has 9 heteroatoms. The summed E-state index contributed by atoms with van der Waals surface area (Å²) in [4.78, 5) is 23.2. The van der Waals surface area contributed by atoms with Crippen LogP contribution in [0.15, 0.2) is 48.6 Å². The Bertz CT molecular complexity index is 1010. The molecule has 3 rings (SSSR count). The molecule has 0 aliphatic carbocycles. The number of hydrazine groups is 2. The number of nitrogens with one attached hydrogen (secondary N) is 1. The van der Waals surface area contributed by atoms with Crippen molar-refractivity contribution in [3.05, 3.63) is 61.0 Å². The highest BCUT2D eigenvalue weighted by molar-refractivity contribution is 5.93. The molecule has 1 atom stereocenters. The third-order valence-electron chi connectivity index (χ3n) is 4.40. The second kappa shape index (κ2) is 8.24. The molecule has 1 heterocycles. The maximum atomic E-state index is 11.8. The van der Waals surface area contributed by atoms with Gasteiger partial charge in [-0.05, 0) is 44.2 Å². The van der Waals surface area contributed by atoms with E-state index in [1.165, 1.54) is 37.4 Å². The van der Waals surface area contributed by atoms with Crippen molar-refractivity contribution in [3.63, 3.8) is 0 Å². The summed E-state index contributed by atoms with van der Waals surface area (Å²) in [7, 11) is 1.49. The van der Waals surface area contributed by atoms with E-state index in [2.05, 4.69) is 18.9 Å². The average molecular weight is 412 g/mol. The molecule has 0 fully saturated rings. The molecule has 0 aromatic heterocycles. The maximum absolute atomic E-state index is 11.8. The molecule has 0 spiro atoms. The van der Waals surface area contributed by atoms with E-state index >= 15 is 0 Å². The van der Waals surface area contributed by atoms with E-state index < -0.39 is 18.0 Å². The molecule has 0 saturated heterocycles. The third kappa shape index (κ3) is 4.09. The zero-order chi connectivity index (χ0) is 22.0. The number of esters is 1. The number of rotatable bonds is 7. The number of anilines is 3. The van der Waals surface area contributed by atoms with Gasteiger partial charge in [0.05, 0.1) is 30.6 Å². The monoisotopic (exact) mass is 412 g/mol. The van der Waals surface area contributed by atoms with Crippen molar-refractivity contribution < 1.29 is 29.3 Å². The summed E-state index contributed by atoms with van der Waals surface area (Å²) in [6.07, 6.45) is -0.774. The number of carbonyl (C=O) groups excluding carboxylic acids is 1. The van der Waals surface area contributed by atoms with Crippen LogP contribution in [0.5, 0.6) is 11.5 Å². The molecule has 0 bridgehead atoms. The van der Waals surface area contributed by atoms with Crippen LogP contribution in [0.25, 0.3) is 0 Å². The summed E-state index contributed by atoms with van der Waals surface area (Å²) >= 11 is 0. The largest absolute Gasteiger partial charge is 0.505 e. The molecule has 157 valence electrons. The average Bonchev–Trinajstić information content (AvgIpc) is 3.04. The molecule has 30 heavy (non-hydrogen) atoms. The van der Waals surface area contributed by atoms with Crippen molar-refractivity contribution in [2.75, 3.05) is 29.2 Å². The van der Waals surface area contributed by atoms with E-state index in [0.29, 0.717) is 22.8 Å². The van der Waals surface area contributed by atoms with Gasteiger partial charge in [-0.2, -0.15) is 5.12 Å². The molecular weight excluding hydrogens is 390 g/mol. The Morgan fingerprint density at radius 2 is 1.90 bits per heavy atom. The number of fused-ring (bicyclic) bond motifs is 1. The number of aromatic hydroxyl groups is 1. The Labute approximate surface area is 173 Å². The standard InChI is InChI=1S/C21H22N3O6/c1-12(2)21(28)30-13(3)11-23-17-7-5-14(20(26)27)9-16(17)22-24(23)18-8-6-15(29-4)10-19(18)25/h5-10,13,22,25H,1,3,11H2,2,4H3,(H,26,27). The summed E-state index contributed by atoms with van der Waals surface area (Å²) in [5, 5.41) is 23.0. The molecule has 0 saturated carbocycles. The molecule has 3 N–H and O–H groups in total. The summed E-state index contributed by atoms with van der Waals surface area (Å²) in [6, 6.07) is 9.32. The molecule has 1 unspecified atom stereocenters. The first kappa shape index (κ1) is 20.8. The first-order valence-corrected chi connectivity index (χ1v) is 8.99. The zero-order valence-electron chi connectivity index (χ0n) is 16.6. The summed E-state index contributed by atoms with van der Waals surface area (Å²) in [5.41, 5.74) is 4.91. The number of benzene rings is 2. The number of carbonyl (C=O) groups is 2. The summed E-state index contributed by atoms with van der Waals surface area (Å²) in [5.74, 6) is -1.24. The number of ether oxygens (including phenoxy) is 2. The number of carboxylic acid groups (broad SMARTS) is 1. The van der Waals surface area contributed by atoms with E-state index in [1.807, 2.05) is 0 Å². The van der Waals surface area contributed by atoms with E-state index in [-0.39, 0.29) is 23.4 Å². The maximum Gasteiger partial charge on any atom is 0.335 e. The lowest BCUT2D eigenvalue weighted by molar-refractivity contribution is -0.141. The zero-order valence-corrected chi connectivity index (χ0v) is 16.6. The number of methoxy groups -OCH3 is 1.